The second kappa shape index (κ2) is 6.82. The summed E-state index contributed by atoms with van der Waals surface area (Å²) < 4.78 is 24.3. The Kier molecular flexibility index (Phi) is 5.28. The van der Waals surface area contributed by atoms with Gasteiger partial charge in [-0.3, -0.25) is 4.79 Å². The SMILES string of the molecule is CS(=O)(=O)N1CCC(NC(=O)N2CCC(C(N)=O)CC2)CC1. The quantitative estimate of drug-likeness (QED) is 0.712. The summed E-state index contributed by atoms with van der Waals surface area (Å²) in [5, 5.41) is 2.95. The lowest BCUT2D eigenvalue weighted by atomic mass is 9.96. The number of likely N-dealkylation sites (tertiary alicyclic amines) is 1. The van der Waals surface area contributed by atoms with E-state index in [0.29, 0.717) is 51.9 Å². The van der Waals surface area contributed by atoms with Crippen molar-refractivity contribution < 1.29 is 18.0 Å². The average molecular weight is 332 g/mol. The highest BCUT2D eigenvalue weighted by molar-refractivity contribution is 7.88. The van der Waals surface area contributed by atoms with Gasteiger partial charge in [-0.15, -0.1) is 0 Å². The number of nitrogens with two attached hydrogens (primary N) is 1. The minimum Gasteiger partial charge on any atom is -0.369 e. The van der Waals surface area contributed by atoms with Gasteiger partial charge >= 0.3 is 6.03 Å². The third-order valence-electron chi connectivity index (χ3n) is 4.44. The predicted octanol–water partition coefficient (Wildman–Crippen LogP) is -0.683. The minimum absolute atomic E-state index is 0.000589. The van der Waals surface area contributed by atoms with E-state index in [4.69, 9.17) is 5.73 Å². The summed E-state index contributed by atoms with van der Waals surface area (Å²) in [6, 6.07) is -0.139. The fraction of sp³-hybridized carbons (Fsp3) is 0.846. The van der Waals surface area contributed by atoms with Gasteiger partial charge in [0.2, 0.25) is 15.9 Å². The van der Waals surface area contributed by atoms with Crippen LogP contribution in [0.2, 0.25) is 0 Å². The zero-order valence-electron chi connectivity index (χ0n) is 12.8. The first-order chi connectivity index (χ1) is 10.3. The molecule has 0 radical (unpaired) electrons. The molecular weight excluding hydrogens is 308 g/mol. The van der Waals surface area contributed by atoms with Gasteiger partial charge in [0.05, 0.1) is 6.26 Å². The molecule has 2 aliphatic rings. The molecule has 2 saturated heterocycles. The largest absolute Gasteiger partial charge is 0.369 e. The van der Waals surface area contributed by atoms with E-state index in [0.717, 1.165) is 0 Å². The highest BCUT2D eigenvalue weighted by Gasteiger charge is 2.29. The first-order valence-corrected chi connectivity index (χ1v) is 9.42. The molecule has 2 aliphatic heterocycles. The molecular formula is C13H24N4O4S. The number of primary amides is 1. The van der Waals surface area contributed by atoms with E-state index in [2.05, 4.69) is 5.32 Å². The molecule has 0 aromatic rings. The van der Waals surface area contributed by atoms with Crippen molar-refractivity contribution in [2.45, 2.75) is 31.7 Å². The fourth-order valence-corrected chi connectivity index (χ4v) is 3.84. The van der Waals surface area contributed by atoms with Gasteiger partial charge in [0, 0.05) is 38.1 Å². The van der Waals surface area contributed by atoms with Crippen LogP contribution in [-0.4, -0.2) is 68.0 Å². The average Bonchev–Trinajstić information content (AvgIpc) is 2.47. The molecule has 0 bridgehead atoms. The van der Waals surface area contributed by atoms with Crippen LogP contribution in [-0.2, 0) is 14.8 Å². The van der Waals surface area contributed by atoms with Crippen molar-refractivity contribution in [2.24, 2.45) is 11.7 Å². The molecule has 2 fully saturated rings. The summed E-state index contributed by atoms with van der Waals surface area (Å²) in [5.74, 6) is -0.435. The number of amides is 3. The molecule has 3 amide bonds. The first kappa shape index (κ1) is 17.0. The molecule has 9 heteroatoms. The Morgan fingerprint density at radius 2 is 1.59 bits per heavy atom. The molecule has 2 rings (SSSR count). The van der Waals surface area contributed by atoms with Crippen LogP contribution in [0.25, 0.3) is 0 Å². The van der Waals surface area contributed by atoms with Crippen LogP contribution in [0, 0.1) is 5.92 Å². The number of nitrogens with zero attached hydrogens (tertiary/aromatic N) is 2. The number of sulfonamides is 1. The Balaban J connectivity index is 1.76. The fourth-order valence-electron chi connectivity index (χ4n) is 2.96. The number of hydrogen-bond acceptors (Lipinski definition) is 4. The Morgan fingerprint density at radius 3 is 2.05 bits per heavy atom. The van der Waals surface area contributed by atoms with Gasteiger partial charge in [-0.2, -0.15) is 0 Å². The van der Waals surface area contributed by atoms with E-state index in [1.165, 1.54) is 10.6 Å². The maximum Gasteiger partial charge on any atom is 0.317 e. The maximum absolute atomic E-state index is 12.2. The highest BCUT2D eigenvalue weighted by atomic mass is 32.2. The zero-order valence-corrected chi connectivity index (χ0v) is 13.6. The van der Waals surface area contributed by atoms with Crippen molar-refractivity contribution in [1.29, 1.82) is 0 Å². The van der Waals surface area contributed by atoms with Crippen molar-refractivity contribution in [3.05, 3.63) is 0 Å². The Hall–Kier alpha value is -1.35. The second-order valence-corrected chi connectivity index (χ2v) is 8.03. The van der Waals surface area contributed by atoms with Crippen LogP contribution in [0.4, 0.5) is 4.79 Å². The van der Waals surface area contributed by atoms with Crippen LogP contribution < -0.4 is 11.1 Å². The highest BCUT2D eigenvalue weighted by Crippen LogP contribution is 2.18. The number of piperidine rings is 2. The van der Waals surface area contributed by atoms with Crippen molar-refractivity contribution in [2.75, 3.05) is 32.4 Å². The molecule has 0 aromatic carbocycles. The summed E-state index contributed by atoms with van der Waals surface area (Å²) in [6.07, 6.45) is 3.66. The summed E-state index contributed by atoms with van der Waals surface area (Å²) in [6.45, 7) is 1.93. The van der Waals surface area contributed by atoms with Crippen LogP contribution in [0.1, 0.15) is 25.7 Å². The van der Waals surface area contributed by atoms with Crippen molar-refractivity contribution in [1.82, 2.24) is 14.5 Å². The van der Waals surface area contributed by atoms with Crippen LogP contribution in [0.15, 0.2) is 0 Å². The Bertz CT molecular complexity index is 520. The topological polar surface area (TPSA) is 113 Å². The van der Waals surface area contributed by atoms with E-state index in [1.54, 1.807) is 4.90 Å². The number of carbonyl (C=O) groups excluding carboxylic acids is 2. The summed E-state index contributed by atoms with van der Waals surface area (Å²) >= 11 is 0. The minimum atomic E-state index is -3.15. The van der Waals surface area contributed by atoms with Crippen molar-refractivity contribution >= 4 is 22.0 Å². The van der Waals surface area contributed by atoms with Gasteiger partial charge in [0.15, 0.2) is 0 Å². The number of nitrogens with one attached hydrogen (secondary N) is 1. The molecule has 8 nitrogen and oxygen atoms in total. The molecule has 0 spiro atoms. The van der Waals surface area contributed by atoms with E-state index < -0.39 is 10.0 Å². The van der Waals surface area contributed by atoms with Gasteiger partial charge in [-0.1, -0.05) is 0 Å². The number of carbonyl (C=O) groups is 2. The number of urea groups is 1. The molecule has 0 aliphatic carbocycles. The molecule has 0 saturated carbocycles. The van der Waals surface area contributed by atoms with Gasteiger partial charge in [-0.25, -0.2) is 17.5 Å². The van der Waals surface area contributed by atoms with Crippen LogP contribution >= 0.6 is 0 Å². The lowest BCUT2D eigenvalue weighted by Crippen LogP contribution is -2.52. The maximum atomic E-state index is 12.2. The smallest absolute Gasteiger partial charge is 0.317 e. The van der Waals surface area contributed by atoms with E-state index in [-0.39, 0.29) is 23.9 Å². The van der Waals surface area contributed by atoms with Crippen molar-refractivity contribution in [3.63, 3.8) is 0 Å². The lowest BCUT2D eigenvalue weighted by molar-refractivity contribution is -0.123. The molecule has 0 aromatic heterocycles. The third-order valence-corrected chi connectivity index (χ3v) is 5.74. The standard InChI is InChI=1S/C13H24N4O4S/c1-22(20,21)17-8-4-11(5-9-17)15-13(19)16-6-2-10(3-7-16)12(14)18/h10-11H,2-9H2,1H3,(H2,14,18)(H,15,19). The lowest BCUT2D eigenvalue weighted by Gasteiger charge is -2.34. The van der Waals surface area contributed by atoms with Gasteiger partial charge in [0.1, 0.15) is 0 Å². The normalized spacial score (nSPS) is 22.5. The van der Waals surface area contributed by atoms with E-state index in [1.807, 2.05) is 0 Å². The van der Waals surface area contributed by atoms with Gasteiger partial charge < -0.3 is 16.0 Å². The predicted molar refractivity (Wildman–Crippen MR) is 81.5 cm³/mol. The summed E-state index contributed by atoms with van der Waals surface area (Å²) in [7, 11) is -3.15. The molecule has 126 valence electrons. The second-order valence-electron chi connectivity index (χ2n) is 6.05. The van der Waals surface area contributed by atoms with Crippen LogP contribution in [0.5, 0.6) is 0 Å². The van der Waals surface area contributed by atoms with Crippen molar-refractivity contribution in [3.8, 4) is 0 Å². The van der Waals surface area contributed by atoms with Gasteiger partial charge in [0.25, 0.3) is 0 Å². The molecule has 3 N–H and O–H groups in total. The molecule has 22 heavy (non-hydrogen) atoms. The molecule has 0 atom stereocenters. The van der Waals surface area contributed by atoms with Crippen LogP contribution in [0.3, 0.4) is 0 Å². The monoisotopic (exact) mass is 332 g/mol. The van der Waals surface area contributed by atoms with E-state index >= 15 is 0 Å². The molecule has 2 heterocycles. The van der Waals surface area contributed by atoms with E-state index in [9.17, 15) is 18.0 Å². The number of hydrogen-bond donors (Lipinski definition) is 2. The number of rotatable bonds is 3. The zero-order chi connectivity index (χ0) is 16.3. The molecule has 0 unspecified atom stereocenters. The summed E-state index contributed by atoms with van der Waals surface area (Å²) in [4.78, 5) is 25.0. The van der Waals surface area contributed by atoms with Gasteiger partial charge in [-0.05, 0) is 25.7 Å². The third kappa shape index (κ3) is 4.33. The Morgan fingerprint density at radius 1 is 1.05 bits per heavy atom. The Labute approximate surface area is 131 Å². The first-order valence-electron chi connectivity index (χ1n) is 7.57. The summed E-state index contributed by atoms with van der Waals surface area (Å²) in [5.41, 5.74) is 5.27.